The zero-order valence-electron chi connectivity index (χ0n) is 14.0. The van der Waals surface area contributed by atoms with Crippen LogP contribution in [0.15, 0.2) is 34.4 Å². The molecule has 1 aromatic heterocycles. The maximum absolute atomic E-state index is 12.3. The van der Waals surface area contributed by atoms with Gasteiger partial charge in [-0.3, -0.25) is 9.58 Å². The molecule has 136 valence electrons. The van der Waals surface area contributed by atoms with Gasteiger partial charge in [-0.25, -0.2) is 4.79 Å². The Hall–Kier alpha value is -2.23. The summed E-state index contributed by atoms with van der Waals surface area (Å²) in [6.45, 7) is 1.36. The van der Waals surface area contributed by atoms with Crippen LogP contribution in [0.4, 0.5) is 5.82 Å². The molecule has 0 amide bonds. The molecule has 25 heavy (non-hydrogen) atoms. The second kappa shape index (κ2) is 6.95. The average molecular weight is 349 g/mol. The summed E-state index contributed by atoms with van der Waals surface area (Å²) in [6.07, 6.45) is 6.83. The Morgan fingerprint density at radius 3 is 3.00 bits per heavy atom. The smallest absolute Gasteiger partial charge is 0.351 e. The van der Waals surface area contributed by atoms with Crippen molar-refractivity contribution in [1.82, 2.24) is 14.6 Å². The largest absolute Gasteiger partial charge is 0.394 e. The minimum atomic E-state index is -1.11. The predicted octanol–water partition coefficient (Wildman–Crippen LogP) is -0.180. The number of hydrazone groups is 1. The summed E-state index contributed by atoms with van der Waals surface area (Å²) < 4.78 is 7.06. The third kappa shape index (κ3) is 3.06. The summed E-state index contributed by atoms with van der Waals surface area (Å²) in [5.74, 6) is 0.101. The van der Waals surface area contributed by atoms with E-state index in [4.69, 9.17) is 10.5 Å². The van der Waals surface area contributed by atoms with E-state index in [9.17, 15) is 15.0 Å². The number of nitrogens with zero attached hydrogens (tertiary/aromatic N) is 4. The van der Waals surface area contributed by atoms with Crippen LogP contribution < -0.4 is 11.4 Å². The summed E-state index contributed by atoms with van der Waals surface area (Å²) in [5, 5.41) is 26.4. The van der Waals surface area contributed by atoms with Crippen LogP contribution in [0.3, 0.4) is 0 Å². The van der Waals surface area contributed by atoms with E-state index in [1.165, 1.54) is 16.8 Å². The number of aromatic nitrogens is 2. The van der Waals surface area contributed by atoms with Gasteiger partial charge in [-0.15, -0.1) is 0 Å². The number of nitrogen functional groups attached to an aromatic ring is 1. The monoisotopic (exact) mass is 349 g/mol. The second-order valence-corrected chi connectivity index (χ2v) is 6.38. The van der Waals surface area contributed by atoms with E-state index >= 15 is 0 Å². The normalized spacial score (nSPS) is 32.6. The zero-order valence-corrected chi connectivity index (χ0v) is 14.0. The minimum absolute atomic E-state index is 0.101. The van der Waals surface area contributed by atoms with Crippen molar-refractivity contribution in [1.29, 1.82) is 0 Å². The maximum atomic E-state index is 12.3. The van der Waals surface area contributed by atoms with Crippen LogP contribution in [0.1, 0.15) is 32.4 Å². The number of aliphatic hydroxyl groups is 2. The Kier molecular flexibility index (Phi) is 4.89. The molecular weight excluding hydrogens is 326 g/mol. The fourth-order valence-corrected chi connectivity index (χ4v) is 3.21. The number of aliphatic hydroxyl groups excluding tert-OH is 2. The number of allylic oxidation sites excluding steroid dienone is 1. The average Bonchev–Trinajstić information content (AvgIpc) is 2.80. The highest BCUT2D eigenvalue weighted by Gasteiger charge is 2.57. The van der Waals surface area contributed by atoms with Gasteiger partial charge in [-0.05, 0) is 32.3 Å². The zero-order chi connectivity index (χ0) is 18.0. The predicted molar refractivity (Wildman–Crippen MR) is 91.6 cm³/mol. The number of nitrogens with two attached hydrogens (primary N) is 1. The van der Waals surface area contributed by atoms with Crippen molar-refractivity contribution >= 4 is 12.0 Å². The van der Waals surface area contributed by atoms with Crippen LogP contribution in [0.5, 0.6) is 0 Å². The second-order valence-electron chi connectivity index (χ2n) is 6.38. The lowest BCUT2D eigenvalue weighted by Crippen LogP contribution is -2.55. The summed E-state index contributed by atoms with van der Waals surface area (Å²) in [7, 11) is 0. The van der Waals surface area contributed by atoms with Gasteiger partial charge in [-0.2, -0.15) is 10.1 Å². The van der Waals surface area contributed by atoms with E-state index in [-0.39, 0.29) is 12.4 Å². The van der Waals surface area contributed by atoms with Crippen LogP contribution in [0, 0.1) is 0 Å². The molecule has 4 N–H and O–H groups in total. The molecule has 3 rings (SSSR count). The van der Waals surface area contributed by atoms with Crippen molar-refractivity contribution in [3.05, 3.63) is 35.0 Å². The van der Waals surface area contributed by atoms with Gasteiger partial charge in [0.05, 0.1) is 6.61 Å². The molecule has 0 aromatic carbocycles. The Morgan fingerprint density at radius 1 is 1.48 bits per heavy atom. The van der Waals surface area contributed by atoms with Gasteiger partial charge < -0.3 is 20.7 Å². The Labute approximate surface area is 145 Å². The van der Waals surface area contributed by atoms with E-state index in [1.54, 1.807) is 24.3 Å². The molecule has 2 aliphatic heterocycles. The molecule has 2 aliphatic rings. The van der Waals surface area contributed by atoms with Gasteiger partial charge in [0.1, 0.15) is 23.6 Å². The fraction of sp³-hybridized carbons (Fsp3) is 0.562. The topological polar surface area (TPSA) is 126 Å². The van der Waals surface area contributed by atoms with E-state index in [0.717, 1.165) is 19.3 Å². The third-order valence-corrected chi connectivity index (χ3v) is 4.69. The standard InChI is InChI=1S/C16H23N5O4/c1-16(21-8-5-3-2-4-7-18-21)13(23)11(10-22)25-14(16)20-9-6-12(17)19-15(20)24/h5-9,11,13-14,22-23H,2-4,10H2,1H3,(H2,17,19,24). The molecule has 0 bridgehead atoms. The van der Waals surface area contributed by atoms with Gasteiger partial charge in [0, 0.05) is 18.6 Å². The van der Waals surface area contributed by atoms with Gasteiger partial charge >= 0.3 is 5.69 Å². The molecule has 9 nitrogen and oxygen atoms in total. The lowest BCUT2D eigenvalue weighted by Gasteiger charge is -2.40. The molecule has 9 heteroatoms. The Balaban J connectivity index is 2.08. The Bertz CT molecular complexity index is 719. The number of anilines is 1. The van der Waals surface area contributed by atoms with Gasteiger partial charge in [0.15, 0.2) is 6.23 Å². The molecule has 0 radical (unpaired) electrons. The lowest BCUT2D eigenvalue weighted by molar-refractivity contribution is -0.0601. The highest BCUT2D eigenvalue weighted by atomic mass is 16.5. The molecule has 4 unspecified atom stereocenters. The minimum Gasteiger partial charge on any atom is -0.394 e. The fourth-order valence-electron chi connectivity index (χ4n) is 3.21. The third-order valence-electron chi connectivity index (χ3n) is 4.69. The first-order valence-electron chi connectivity index (χ1n) is 8.26. The first kappa shape index (κ1) is 17.6. The highest BCUT2D eigenvalue weighted by molar-refractivity contribution is 5.57. The molecule has 0 aliphatic carbocycles. The number of rotatable bonds is 3. The maximum Gasteiger partial charge on any atom is 0.351 e. The molecule has 1 aromatic rings. The van der Waals surface area contributed by atoms with Crippen molar-refractivity contribution in [3.63, 3.8) is 0 Å². The molecule has 0 spiro atoms. The van der Waals surface area contributed by atoms with E-state index in [1.807, 2.05) is 6.08 Å². The van der Waals surface area contributed by atoms with Crippen LogP contribution in [0.2, 0.25) is 0 Å². The summed E-state index contributed by atoms with van der Waals surface area (Å²) >= 11 is 0. The lowest BCUT2D eigenvalue weighted by atomic mass is 9.91. The van der Waals surface area contributed by atoms with E-state index < -0.39 is 29.7 Å². The number of hydrogen-bond acceptors (Lipinski definition) is 8. The van der Waals surface area contributed by atoms with Crippen LogP contribution in [0.25, 0.3) is 0 Å². The number of ether oxygens (including phenoxy) is 1. The van der Waals surface area contributed by atoms with Crippen molar-refractivity contribution in [3.8, 4) is 0 Å². The van der Waals surface area contributed by atoms with Gasteiger partial charge in [0.2, 0.25) is 0 Å². The van der Waals surface area contributed by atoms with Crippen LogP contribution >= 0.6 is 0 Å². The van der Waals surface area contributed by atoms with Gasteiger partial charge in [-0.1, -0.05) is 6.08 Å². The van der Waals surface area contributed by atoms with Gasteiger partial charge in [0.25, 0.3) is 0 Å². The quantitative estimate of drug-likeness (QED) is 0.691. The van der Waals surface area contributed by atoms with Crippen molar-refractivity contribution in [2.45, 2.75) is 50.2 Å². The molecule has 3 heterocycles. The molecule has 1 fully saturated rings. The van der Waals surface area contributed by atoms with E-state index in [0.29, 0.717) is 0 Å². The van der Waals surface area contributed by atoms with Crippen LogP contribution in [-0.2, 0) is 4.74 Å². The number of hydrogen-bond donors (Lipinski definition) is 3. The first-order chi connectivity index (χ1) is 12.0. The molecule has 0 saturated carbocycles. The van der Waals surface area contributed by atoms with E-state index in [2.05, 4.69) is 10.1 Å². The van der Waals surface area contributed by atoms with Crippen molar-refractivity contribution < 1.29 is 14.9 Å². The summed E-state index contributed by atoms with van der Waals surface area (Å²) in [4.78, 5) is 16.0. The molecular formula is C16H23N5O4. The SMILES string of the molecule is CC1(N2C=CCCCC=N2)C(O)C(CO)OC1n1ccc(N)nc1=O. The summed E-state index contributed by atoms with van der Waals surface area (Å²) in [5.41, 5.74) is 3.85. The first-order valence-corrected chi connectivity index (χ1v) is 8.26. The summed E-state index contributed by atoms with van der Waals surface area (Å²) in [6, 6.07) is 1.48. The van der Waals surface area contributed by atoms with Crippen molar-refractivity contribution in [2.75, 3.05) is 12.3 Å². The Morgan fingerprint density at radius 2 is 2.28 bits per heavy atom. The van der Waals surface area contributed by atoms with Crippen LogP contribution in [-0.4, -0.2) is 55.3 Å². The molecule has 1 saturated heterocycles. The van der Waals surface area contributed by atoms with Crippen molar-refractivity contribution in [2.24, 2.45) is 5.10 Å². The highest BCUT2D eigenvalue weighted by Crippen LogP contribution is 2.42. The molecule has 4 atom stereocenters.